The van der Waals surface area contributed by atoms with Gasteiger partial charge in [0.15, 0.2) is 0 Å². The number of para-hydroxylation sites is 1. The molecule has 0 amide bonds. The van der Waals surface area contributed by atoms with Crippen molar-refractivity contribution in [3.05, 3.63) is 78.0 Å². The molecule has 1 heterocycles. The first-order chi connectivity index (χ1) is 11.3. The number of rotatable bonds is 6. The van der Waals surface area contributed by atoms with Gasteiger partial charge in [0.2, 0.25) is 0 Å². The van der Waals surface area contributed by atoms with E-state index in [1.807, 2.05) is 60.7 Å². The summed E-state index contributed by atoms with van der Waals surface area (Å²) in [5, 5.41) is 16.8. The highest BCUT2D eigenvalue weighted by Crippen LogP contribution is 2.20. The maximum absolute atomic E-state index is 11.4. The van der Waals surface area contributed by atoms with Gasteiger partial charge in [-0.25, -0.2) is 9.48 Å². The van der Waals surface area contributed by atoms with Gasteiger partial charge in [0.1, 0.15) is 11.4 Å². The third-order valence-corrected chi connectivity index (χ3v) is 3.55. The van der Waals surface area contributed by atoms with E-state index in [1.165, 1.54) is 11.8 Å². The van der Waals surface area contributed by atoms with E-state index in [1.54, 1.807) is 4.68 Å². The van der Waals surface area contributed by atoms with Crippen molar-refractivity contribution in [3.63, 3.8) is 0 Å². The van der Waals surface area contributed by atoms with Crippen LogP contribution >= 0.6 is 0 Å². The van der Waals surface area contributed by atoms with Crippen LogP contribution in [0.5, 0.6) is 0 Å². The second kappa shape index (κ2) is 6.79. The van der Waals surface area contributed by atoms with Crippen LogP contribution in [0.1, 0.15) is 15.9 Å². The van der Waals surface area contributed by atoms with Gasteiger partial charge in [-0.15, -0.1) is 0 Å². The zero-order chi connectivity index (χ0) is 16.1. The molecule has 0 spiro atoms. The smallest absolute Gasteiger partial charge is 0.341 e. The maximum Gasteiger partial charge on any atom is 0.341 e. The summed E-state index contributed by atoms with van der Waals surface area (Å²) in [6.45, 7) is 0.628. The van der Waals surface area contributed by atoms with Crippen molar-refractivity contribution in [1.29, 1.82) is 0 Å². The van der Waals surface area contributed by atoms with Crippen molar-refractivity contribution in [2.24, 2.45) is 0 Å². The Hall–Kier alpha value is -3.08. The number of anilines is 1. The van der Waals surface area contributed by atoms with E-state index in [0.29, 0.717) is 12.4 Å². The van der Waals surface area contributed by atoms with Gasteiger partial charge in [0.25, 0.3) is 0 Å². The Bertz CT molecular complexity index is 783. The van der Waals surface area contributed by atoms with Crippen LogP contribution in [0.3, 0.4) is 0 Å². The Kier molecular flexibility index (Phi) is 4.38. The van der Waals surface area contributed by atoms with E-state index in [4.69, 9.17) is 0 Å². The average Bonchev–Trinajstić information content (AvgIpc) is 3.01. The van der Waals surface area contributed by atoms with Crippen LogP contribution in [0.2, 0.25) is 0 Å². The van der Waals surface area contributed by atoms with Gasteiger partial charge >= 0.3 is 5.97 Å². The first-order valence-corrected chi connectivity index (χ1v) is 7.40. The largest absolute Gasteiger partial charge is 0.477 e. The Morgan fingerprint density at radius 2 is 1.70 bits per heavy atom. The number of benzene rings is 2. The minimum Gasteiger partial charge on any atom is -0.477 e. The molecule has 0 saturated heterocycles. The Balaban J connectivity index is 1.82. The highest BCUT2D eigenvalue weighted by Gasteiger charge is 2.17. The number of aromatic nitrogens is 2. The van der Waals surface area contributed by atoms with E-state index < -0.39 is 5.97 Å². The molecule has 0 unspecified atom stereocenters. The van der Waals surface area contributed by atoms with E-state index in [-0.39, 0.29) is 5.56 Å². The molecule has 3 aromatic rings. The molecule has 5 nitrogen and oxygen atoms in total. The third-order valence-electron chi connectivity index (χ3n) is 3.55. The van der Waals surface area contributed by atoms with Crippen molar-refractivity contribution < 1.29 is 9.90 Å². The fourth-order valence-electron chi connectivity index (χ4n) is 2.41. The first-order valence-electron chi connectivity index (χ1n) is 7.40. The minimum absolute atomic E-state index is 0.168. The molecular formula is C18H17N3O2. The molecule has 0 atom stereocenters. The van der Waals surface area contributed by atoms with Gasteiger partial charge in [-0.3, -0.25) is 0 Å². The van der Waals surface area contributed by atoms with E-state index >= 15 is 0 Å². The number of nitrogens with one attached hydrogen (secondary N) is 1. The molecule has 0 saturated carbocycles. The summed E-state index contributed by atoms with van der Waals surface area (Å²) in [6, 6.07) is 19.5. The van der Waals surface area contributed by atoms with Gasteiger partial charge in [0.05, 0.1) is 11.9 Å². The van der Waals surface area contributed by atoms with E-state index in [2.05, 4.69) is 10.4 Å². The van der Waals surface area contributed by atoms with Gasteiger partial charge in [-0.2, -0.15) is 5.10 Å². The number of carboxylic acid groups (broad SMARTS) is 1. The zero-order valence-corrected chi connectivity index (χ0v) is 12.5. The van der Waals surface area contributed by atoms with Crippen LogP contribution < -0.4 is 5.32 Å². The molecule has 5 heteroatoms. The topological polar surface area (TPSA) is 67.1 Å². The summed E-state index contributed by atoms with van der Waals surface area (Å²) < 4.78 is 1.62. The van der Waals surface area contributed by atoms with Gasteiger partial charge in [0, 0.05) is 6.54 Å². The lowest BCUT2D eigenvalue weighted by atomic mass is 10.1. The molecule has 1 aromatic heterocycles. The fourth-order valence-corrected chi connectivity index (χ4v) is 2.41. The van der Waals surface area contributed by atoms with Crippen molar-refractivity contribution in [2.75, 3.05) is 11.9 Å². The Morgan fingerprint density at radius 1 is 1.04 bits per heavy atom. The maximum atomic E-state index is 11.4. The quantitative estimate of drug-likeness (QED) is 0.734. The van der Waals surface area contributed by atoms with E-state index in [0.717, 1.165) is 12.1 Å². The van der Waals surface area contributed by atoms with Gasteiger partial charge in [-0.1, -0.05) is 48.5 Å². The van der Waals surface area contributed by atoms with Crippen molar-refractivity contribution in [2.45, 2.75) is 6.42 Å². The third kappa shape index (κ3) is 3.40. The summed E-state index contributed by atoms with van der Waals surface area (Å²) in [6.07, 6.45) is 2.18. The number of aromatic carboxylic acids is 1. The molecule has 116 valence electrons. The summed E-state index contributed by atoms with van der Waals surface area (Å²) in [5.41, 5.74) is 2.19. The molecule has 0 fully saturated rings. The lowest BCUT2D eigenvalue weighted by molar-refractivity contribution is 0.0698. The van der Waals surface area contributed by atoms with Crippen molar-refractivity contribution in [3.8, 4) is 5.69 Å². The molecular weight excluding hydrogens is 290 g/mol. The summed E-state index contributed by atoms with van der Waals surface area (Å²) in [4.78, 5) is 11.4. The van der Waals surface area contributed by atoms with Crippen LogP contribution in [-0.2, 0) is 6.42 Å². The molecule has 0 bridgehead atoms. The number of carbonyl (C=O) groups is 1. The predicted octanol–water partition coefficient (Wildman–Crippen LogP) is 3.23. The minimum atomic E-state index is -0.991. The van der Waals surface area contributed by atoms with Crippen LogP contribution in [-0.4, -0.2) is 27.4 Å². The standard InChI is InChI=1S/C18H17N3O2/c22-18(23)16-13-20-21(15-9-5-2-6-10-15)17(16)19-12-11-14-7-3-1-4-8-14/h1-10,13,19H,11-12H2,(H,22,23). The molecule has 2 N–H and O–H groups in total. The molecule has 2 aromatic carbocycles. The molecule has 23 heavy (non-hydrogen) atoms. The summed E-state index contributed by atoms with van der Waals surface area (Å²) in [7, 11) is 0. The SMILES string of the molecule is O=C(O)c1cnn(-c2ccccc2)c1NCCc1ccccc1. The second-order valence-corrected chi connectivity index (χ2v) is 5.12. The summed E-state index contributed by atoms with van der Waals surface area (Å²) >= 11 is 0. The van der Waals surface area contributed by atoms with Crippen LogP contribution in [0.25, 0.3) is 5.69 Å². The number of hydrogen-bond acceptors (Lipinski definition) is 3. The van der Waals surface area contributed by atoms with Crippen LogP contribution in [0.15, 0.2) is 66.9 Å². The van der Waals surface area contributed by atoms with Gasteiger partial charge in [-0.05, 0) is 24.1 Å². The molecule has 0 aliphatic carbocycles. The molecule has 0 radical (unpaired) electrons. The van der Waals surface area contributed by atoms with Crippen molar-refractivity contribution in [1.82, 2.24) is 9.78 Å². The van der Waals surface area contributed by atoms with Crippen LogP contribution in [0.4, 0.5) is 5.82 Å². The Labute approximate surface area is 134 Å². The second-order valence-electron chi connectivity index (χ2n) is 5.12. The van der Waals surface area contributed by atoms with Gasteiger partial charge < -0.3 is 10.4 Å². The first kappa shape index (κ1) is 14.8. The summed E-state index contributed by atoms with van der Waals surface area (Å²) in [5.74, 6) is -0.492. The number of hydrogen-bond donors (Lipinski definition) is 2. The predicted molar refractivity (Wildman–Crippen MR) is 89.2 cm³/mol. The highest BCUT2D eigenvalue weighted by atomic mass is 16.4. The molecule has 3 rings (SSSR count). The highest BCUT2D eigenvalue weighted by molar-refractivity contribution is 5.93. The lowest BCUT2D eigenvalue weighted by Crippen LogP contribution is -2.12. The van der Waals surface area contributed by atoms with Crippen molar-refractivity contribution >= 4 is 11.8 Å². The monoisotopic (exact) mass is 307 g/mol. The molecule has 0 aliphatic heterocycles. The number of nitrogens with zero attached hydrogens (tertiary/aromatic N) is 2. The average molecular weight is 307 g/mol. The zero-order valence-electron chi connectivity index (χ0n) is 12.5. The normalized spacial score (nSPS) is 10.4. The molecule has 0 aliphatic rings. The number of carboxylic acids is 1. The Morgan fingerprint density at radius 3 is 2.35 bits per heavy atom. The van der Waals surface area contributed by atoms with Crippen LogP contribution in [0, 0.1) is 0 Å². The fraction of sp³-hybridized carbons (Fsp3) is 0.111. The lowest BCUT2D eigenvalue weighted by Gasteiger charge is -2.11. The van der Waals surface area contributed by atoms with E-state index in [9.17, 15) is 9.90 Å².